The third kappa shape index (κ3) is 1.39. The van der Waals surface area contributed by atoms with E-state index in [2.05, 4.69) is 10.2 Å². The second kappa shape index (κ2) is 3.64. The lowest BCUT2D eigenvalue weighted by molar-refractivity contribution is 0.475. The molecule has 2 heterocycles. The summed E-state index contributed by atoms with van der Waals surface area (Å²) in [6.45, 7) is 2.07. The van der Waals surface area contributed by atoms with E-state index in [4.69, 9.17) is 0 Å². The van der Waals surface area contributed by atoms with Crippen molar-refractivity contribution in [3.05, 3.63) is 18.2 Å². The molecule has 0 amide bonds. The van der Waals surface area contributed by atoms with Gasteiger partial charge in [0, 0.05) is 24.1 Å². The normalized spacial score (nSPS) is 22.9. The topological polar surface area (TPSA) is 35.5 Å². The standard InChI is InChI=1S/C9H10N2OS.BrH/c12-6-1-2-8-7(5-6)11-4-3-10-9(11)13-8;/h1-2,5,9-10,12H,3-4H2;1H. The molecule has 1 saturated heterocycles. The number of nitrogens with zero attached hydrogens (tertiary/aromatic N) is 1. The number of anilines is 1. The zero-order valence-electron chi connectivity index (χ0n) is 7.43. The minimum absolute atomic E-state index is 0. The molecule has 5 heteroatoms. The molecule has 1 unspecified atom stereocenters. The molecule has 1 aromatic rings. The van der Waals surface area contributed by atoms with Crippen LogP contribution in [0.15, 0.2) is 23.1 Å². The molecule has 1 atom stereocenters. The molecule has 1 aromatic carbocycles. The van der Waals surface area contributed by atoms with Crippen LogP contribution in [0.1, 0.15) is 0 Å². The Bertz CT molecular complexity index is 361. The van der Waals surface area contributed by atoms with Crippen molar-refractivity contribution in [3.63, 3.8) is 0 Å². The molecule has 0 radical (unpaired) electrons. The van der Waals surface area contributed by atoms with Crippen LogP contribution in [-0.4, -0.2) is 23.7 Å². The van der Waals surface area contributed by atoms with E-state index in [1.165, 1.54) is 10.6 Å². The predicted molar refractivity (Wildman–Crippen MR) is 63.4 cm³/mol. The predicted octanol–water partition coefficient (Wildman–Crippen LogP) is 1.77. The largest absolute Gasteiger partial charge is 0.508 e. The maximum atomic E-state index is 9.36. The number of nitrogens with one attached hydrogen (secondary N) is 1. The zero-order chi connectivity index (χ0) is 8.84. The summed E-state index contributed by atoms with van der Waals surface area (Å²) in [6, 6.07) is 5.57. The molecule has 0 aromatic heterocycles. The summed E-state index contributed by atoms with van der Waals surface area (Å²) < 4.78 is 0. The molecule has 0 bridgehead atoms. The first-order valence-corrected chi connectivity index (χ1v) is 5.22. The van der Waals surface area contributed by atoms with Gasteiger partial charge in [0.25, 0.3) is 0 Å². The van der Waals surface area contributed by atoms with E-state index >= 15 is 0 Å². The van der Waals surface area contributed by atoms with Crippen molar-refractivity contribution in [1.82, 2.24) is 5.32 Å². The first-order chi connectivity index (χ1) is 6.34. The highest BCUT2D eigenvalue weighted by Gasteiger charge is 2.33. The van der Waals surface area contributed by atoms with Crippen molar-refractivity contribution in [2.24, 2.45) is 0 Å². The van der Waals surface area contributed by atoms with Gasteiger partial charge in [-0.25, -0.2) is 0 Å². The van der Waals surface area contributed by atoms with E-state index in [9.17, 15) is 5.11 Å². The van der Waals surface area contributed by atoms with E-state index < -0.39 is 0 Å². The van der Waals surface area contributed by atoms with Crippen molar-refractivity contribution in [2.75, 3.05) is 18.0 Å². The maximum absolute atomic E-state index is 9.36. The molecule has 2 aliphatic rings. The Balaban J connectivity index is 0.000000750. The van der Waals surface area contributed by atoms with Gasteiger partial charge in [-0.15, -0.1) is 17.0 Å². The Morgan fingerprint density at radius 2 is 2.36 bits per heavy atom. The van der Waals surface area contributed by atoms with Gasteiger partial charge >= 0.3 is 0 Å². The number of aromatic hydroxyl groups is 1. The Morgan fingerprint density at radius 3 is 3.21 bits per heavy atom. The summed E-state index contributed by atoms with van der Waals surface area (Å²) in [5, 5.41) is 12.8. The summed E-state index contributed by atoms with van der Waals surface area (Å²) in [7, 11) is 0. The van der Waals surface area contributed by atoms with Gasteiger partial charge < -0.3 is 10.0 Å². The number of benzene rings is 1. The van der Waals surface area contributed by atoms with E-state index in [1.807, 2.05) is 23.9 Å². The third-order valence-corrected chi connectivity index (χ3v) is 3.69. The SMILES string of the molecule is Br.Oc1ccc2c(c1)N1CCNC1S2. The molecule has 0 saturated carbocycles. The molecule has 0 aliphatic carbocycles. The van der Waals surface area contributed by atoms with E-state index in [-0.39, 0.29) is 17.0 Å². The average molecular weight is 275 g/mol. The number of phenols is 1. The summed E-state index contributed by atoms with van der Waals surface area (Å²) in [4.78, 5) is 3.55. The monoisotopic (exact) mass is 274 g/mol. The minimum Gasteiger partial charge on any atom is -0.508 e. The first kappa shape index (κ1) is 10.1. The van der Waals surface area contributed by atoms with Gasteiger partial charge in [0.1, 0.15) is 11.2 Å². The van der Waals surface area contributed by atoms with Gasteiger partial charge in [0.2, 0.25) is 0 Å². The van der Waals surface area contributed by atoms with Crippen LogP contribution < -0.4 is 10.2 Å². The van der Waals surface area contributed by atoms with Crippen LogP contribution in [0.3, 0.4) is 0 Å². The number of rotatable bonds is 0. The molecule has 1 fully saturated rings. The Hall–Kier alpha value is -0.390. The Kier molecular flexibility index (Phi) is 2.64. The number of phenolic OH excluding ortho intramolecular Hbond substituents is 1. The van der Waals surface area contributed by atoms with Crippen LogP contribution in [0.2, 0.25) is 0 Å². The highest BCUT2D eigenvalue weighted by Crippen LogP contribution is 2.44. The molecule has 2 aliphatic heterocycles. The van der Waals surface area contributed by atoms with E-state index in [0.717, 1.165) is 13.1 Å². The average Bonchev–Trinajstić information content (AvgIpc) is 2.64. The highest BCUT2D eigenvalue weighted by molar-refractivity contribution is 8.93. The highest BCUT2D eigenvalue weighted by atomic mass is 79.9. The smallest absolute Gasteiger partial charge is 0.133 e. The second-order valence-electron chi connectivity index (χ2n) is 3.27. The molecular weight excluding hydrogens is 264 g/mol. The fourth-order valence-electron chi connectivity index (χ4n) is 1.84. The van der Waals surface area contributed by atoms with E-state index in [1.54, 1.807) is 6.07 Å². The molecule has 2 N–H and O–H groups in total. The van der Waals surface area contributed by atoms with Crippen molar-refractivity contribution in [1.29, 1.82) is 0 Å². The van der Waals surface area contributed by atoms with Crippen molar-refractivity contribution >= 4 is 34.4 Å². The number of fused-ring (bicyclic) bond motifs is 3. The minimum atomic E-state index is 0. The van der Waals surface area contributed by atoms with Gasteiger partial charge in [0.15, 0.2) is 0 Å². The summed E-state index contributed by atoms with van der Waals surface area (Å²) in [6.07, 6.45) is 0. The summed E-state index contributed by atoms with van der Waals surface area (Å²) >= 11 is 1.82. The zero-order valence-corrected chi connectivity index (χ0v) is 9.96. The fraction of sp³-hybridized carbons (Fsp3) is 0.333. The lowest BCUT2D eigenvalue weighted by atomic mass is 10.3. The van der Waals surface area contributed by atoms with Crippen molar-refractivity contribution in [3.8, 4) is 5.75 Å². The molecule has 76 valence electrons. The number of thioether (sulfide) groups is 1. The van der Waals surface area contributed by atoms with Gasteiger partial charge in [-0.3, -0.25) is 5.32 Å². The Morgan fingerprint density at radius 1 is 1.50 bits per heavy atom. The quantitative estimate of drug-likeness (QED) is 0.756. The summed E-state index contributed by atoms with van der Waals surface area (Å²) in [5.41, 5.74) is 1.55. The van der Waals surface area contributed by atoms with Gasteiger partial charge in [-0.1, -0.05) is 11.8 Å². The molecule has 3 nitrogen and oxygen atoms in total. The number of halogens is 1. The maximum Gasteiger partial charge on any atom is 0.133 e. The Labute approximate surface area is 97.3 Å². The van der Waals surface area contributed by atoms with Crippen LogP contribution in [0.5, 0.6) is 5.75 Å². The second-order valence-corrected chi connectivity index (χ2v) is 4.39. The molecule has 0 spiro atoms. The van der Waals surface area contributed by atoms with Crippen LogP contribution in [0, 0.1) is 0 Å². The fourth-order valence-corrected chi connectivity index (χ4v) is 3.07. The third-order valence-electron chi connectivity index (χ3n) is 2.45. The molecule has 3 rings (SSSR count). The number of hydrogen-bond donors (Lipinski definition) is 2. The first-order valence-electron chi connectivity index (χ1n) is 4.34. The van der Waals surface area contributed by atoms with Crippen LogP contribution in [0.4, 0.5) is 5.69 Å². The lowest BCUT2D eigenvalue weighted by Gasteiger charge is -2.16. The number of hydrogen-bond acceptors (Lipinski definition) is 4. The van der Waals surface area contributed by atoms with Gasteiger partial charge in [0.05, 0.1) is 5.69 Å². The summed E-state index contributed by atoms with van der Waals surface area (Å²) in [5.74, 6) is 0.354. The van der Waals surface area contributed by atoms with Crippen molar-refractivity contribution < 1.29 is 5.11 Å². The van der Waals surface area contributed by atoms with Crippen LogP contribution in [-0.2, 0) is 0 Å². The van der Waals surface area contributed by atoms with E-state index in [0.29, 0.717) is 11.2 Å². The molecule has 14 heavy (non-hydrogen) atoms. The lowest BCUT2D eigenvalue weighted by Crippen LogP contribution is -2.28. The van der Waals surface area contributed by atoms with Gasteiger partial charge in [-0.2, -0.15) is 0 Å². The van der Waals surface area contributed by atoms with Crippen LogP contribution in [0.25, 0.3) is 0 Å². The van der Waals surface area contributed by atoms with Crippen LogP contribution >= 0.6 is 28.7 Å². The van der Waals surface area contributed by atoms with Gasteiger partial charge in [-0.05, 0) is 12.1 Å². The molecular formula is C9H11BrN2OS. The van der Waals surface area contributed by atoms with Crippen molar-refractivity contribution in [2.45, 2.75) is 10.4 Å².